The highest BCUT2D eigenvalue weighted by atomic mass is 16.7. The van der Waals surface area contributed by atoms with Gasteiger partial charge in [-0.3, -0.25) is 14.2 Å². The van der Waals surface area contributed by atoms with Crippen LogP contribution in [0.3, 0.4) is 0 Å². The Balaban J connectivity index is 1.38. The van der Waals surface area contributed by atoms with Gasteiger partial charge in [0.25, 0.3) is 11.5 Å². The van der Waals surface area contributed by atoms with Crippen molar-refractivity contribution in [1.82, 2.24) is 9.55 Å². The monoisotopic (exact) mass is 443 g/mol. The summed E-state index contributed by atoms with van der Waals surface area (Å²) in [5.74, 6) is 1.94. The maximum atomic E-state index is 13.2. The first-order valence-electron chi connectivity index (χ1n) is 10.5. The molecule has 1 aliphatic heterocycles. The fourth-order valence-corrected chi connectivity index (χ4v) is 3.71. The van der Waals surface area contributed by atoms with E-state index in [-0.39, 0.29) is 18.3 Å². The number of para-hydroxylation sites is 1. The zero-order valence-corrected chi connectivity index (χ0v) is 18.1. The van der Waals surface area contributed by atoms with Crippen molar-refractivity contribution < 1.29 is 19.0 Å². The summed E-state index contributed by atoms with van der Waals surface area (Å²) in [5, 5.41) is 3.22. The van der Waals surface area contributed by atoms with Crippen LogP contribution in [0.15, 0.2) is 71.5 Å². The molecule has 0 saturated carbocycles. The first-order valence-corrected chi connectivity index (χ1v) is 10.5. The molecule has 1 amide bonds. The Kier molecular flexibility index (Phi) is 5.18. The molecule has 1 aromatic heterocycles. The van der Waals surface area contributed by atoms with E-state index in [9.17, 15) is 9.59 Å². The Morgan fingerprint density at radius 2 is 1.85 bits per heavy atom. The molecule has 0 spiro atoms. The van der Waals surface area contributed by atoms with E-state index in [0.717, 1.165) is 5.69 Å². The predicted octanol–water partition coefficient (Wildman–Crippen LogP) is 3.83. The smallest absolute Gasteiger partial charge is 0.266 e. The highest BCUT2D eigenvalue weighted by molar-refractivity contribution is 5.96. The number of aryl methyl sites for hydroxylation is 1. The number of ether oxygens (including phenoxy) is 3. The van der Waals surface area contributed by atoms with E-state index in [1.165, 1.54) is 0 Å². The van der Waals surface area contributed by atoms with Gasteiger partial charge in [-0.2, -0.15) is 0 Å². The number of amides is 1. The normalized spacial score (nSPS) is 13.0. The van der Waals surface area contributed by atoms with Gasteiger partial charge in [-0.05, 0) is 56.3 Å². The summed E-state index contributed by atoms with van der Waals surface area (Å²) < 4.78 is 17.9. The van der Waals surface area contributed by atoms with E-state index < -0.39 is 6.10 Å². The lowest BCUT2D eigenvalue weighted by Gasteiger charge is -2.16. The van der Waals surface area contributed by atoms with Crippen molar-refractivity contribution in [2.75, 3.05) is 12.1 Å². The zero-order chi connectivity index (χ0) is 22.9. The van der Waals surface area contributed by atoms with Crippen LogP contribution in [0.1, 0.15) is 12.7 Å². The molecule has 0 unspecified atom stereocenters. The van der Waals surface area contributed by atoms with Gasteiger partial charge in [-0.15, -0.1) is 0 Å². The first kappa shape index (κ1) is 20.6. The zero-order valence-electron chi connectivity index (χ0n) is 18.1. The third kappa shape index (κ3) is 3.98. The van der Waals surface area contributed by atoms with Crippen molar-refractivity contribution in [3.05, 3.63) is 82.9 Å². The van der Waals surface area contributed by atoms with Crippen molar-refractivity contribution in [1.29, 1.82) is 0 Å². The number of nitrogens with one attached hydrogen (secondary N) is 1. The standard InChI is InChI=1S/C25H21N3O5/c1-15(33-19-9-11-22-23(13-19)32-14-31-22)24(29)27-17-8-10-21-20(12-17)25(30)28(16(2)26-21)18-6-4-3-5-7-18/h3-13,15H,14H2,1-2H3,(H,27,29)/t15-/m1/s1. The maximum absolute atomic E-state index is 13.2. The number of fused-ring (bicyclic) bond motifs is 2. The highest BCUT2D eigenvalue weighted by Crippen LogP contribution is 2.35. The van der Waals surface area contributed by atoms with Crippen LogP contribution in [0.4, 0.5) is 5.69 Å². The molecule has 5 rings (SSSR count). The number of carbonyl (C=O) groups is 1. The lowest BCUT2D eigenvalue weighted by molar-refractivity contribution is -0.122. The van der Waals surface area contributed by atoms with Crippen molar-refractivity contribution >= 4 is 22.5 Å². The van der Waals surface area contributed by atoms with E-state index in [1.807, 2.05) is 30.3 Å². The number of carbonyl (C=O) groups excluding carboxylic acids is 1. The average molecular weight is 443 g/mol. The number of hydrogen-bond donors (Lipinski definition) is 1. The summed E-state index contributed by atoms with van der Waals surface area (Å²) in [7, 11) is 0. The molecule has 8 nitrogen and oxygen atoms in total. The topological polar surface area (TPSA) is 91.7 Å². The SMILES string of the molecule is Cc1nc2ccc(NC(=O)[C@@H](C)Oc3ccc4c(c3)OCO4)cc2c(=O)n1-c1ccccc1. The Hall–Kier alpha value is -4.33. The van der Waals surface area contributed by atoms with E-state index in [2.05, 4.69) is 10.3 Å². The molecular weight excluding hydrogens is 422 g/mol. The van der Waals surface area contributed by atoms with E-state index in [1.54, 1.807) is 54.8 Å². The Labute approximate surface area is 189 Å². The number of nitrogens with zero attached hydrogens (tertiary/aromatic N) is 2. The third-order valence-electron chi connectivity index (χ3n) is 5.34. The molecular formula is C25H21N3O5. The first-order chi connectivity index (χ1) is 16.0. The number of hydrogen-bond acceptors (Lipinski definition) is 6. The molecule has 2 heterocycles. The van der Waals surface area contributed by atoms with Crippen LogP contribution in [-0.4, -0.2) is 28.4 Å². The van der Waals surface area contributed by atoms with Crippen molar-refractivity contribution in [3.63, 3.8) is 0 Å². The fourth-order valence-electron chi connectivity index (χ4n) is 3.71. The van der Waals surface area contributed by atoms with Crippen LogP contribution in [0.25, 0.3) is 16.6 Å². The molecule has 0 saturated heterocycles. The van der Waals surface area contributed by atoms with Gasteiger partial charge in [-0.1, -0.05) is 18.2 Å². The maximum Gasteiger partial charge on any atom is 0.266 e. The van der Waals surface area contributed by atoms with Crippen LogP contribution in [0, 0.1) is 6.92 Å². The second-order valence-electron chi connectivity index (χ2n) is 7.63. The van der Waals surface area contributed by atoms with Gasteiger partial charge in [-0.25, -0.2) is 4.98 Å². The highest BCUT2D eigenvalue weighted by Gasteiger charge is 2.19. The second-order valence-corrected chi connectivity index (χ2v) is 7.63. The van der Waals surface area contributed by atoms with Gasteiger partial charge < -0.3 is 19.5 Å². The molecule has 1 atom stereocenters. The van der Waals surface area contributed by atoms with Crippen LogP contribution in [0.2, 0.25) is 0 Å². The lowest BCUT2D eigenvalue weighted by atomic mass is 10.2. The minimum atomic E-state index is -0.779. The summed E-state index contributed by atoms with van der Waals surface area (Å²) in [6.07, 6.45) is -0.779. The van der Waals surface area contributed by atoms with Crippen LogP contribution < -0.4 is 25.1 Å². The van der Waals surface area contributed by atoms with Gasteiger partial charge in [0.15, 0.2) is 17.6 Å². The Bertz CT molecular complexity index is 1420. The van der Waals surface area contributed by atoms with Gasteiger partial charge in [0.05, 0.1) is 16.6 Å². The van der Waals surface area contributed by atoms with E-state index >= 15 is 0 Å². The molecule has 4 aromatic rings. The van der Waals surface area contributed by atoms with E-state index in [0.29, 0.717) is 39.7 Å². The molecule has 166 valence electrons. The quantitative estimate of drug-likeness (QED) is 0.504. The number of rotatable bonds is 5. The van der Waals surface area contributed by atoms with Crippen LogP contribution >= 0.6 is 0 Å². The fraction of sp³-hybridized carbons (Fsp3) is 0.160. The van der Waals surface area contributed by atoms with Crippen molar-refractivity contribution in [2.24, 2.45) is 0 Å². The average Bonchev–Trinajstić information content (AvgIpc) is 3.28. The predicted molar refractivity (Wildman–Crippen MR) is 123 cm³/mol. The largest absolute Gasteiger partial charge is 0.481 e. The molecule has 0 radical (unpaired) electrons. The minimum absolute atomic E-state index is 0.164. The van der Waals surface area contributed by atoms with Crippen LogP contribution in [0.5, 0.6) is 17.2 Å². The van der Waals surface area contributed by atoms with Crippen LogP contribution in [-0.2, 0) is 4.79 Å². The van der Waals surface area contributed by atoms with Crippen molar-refractivity contribution in [2.45, 2.75) is 20.0 Å². The summed E-state index contributed by atoms with van der Waals surface area (Å²) in [4.78, 5) is 30.5. The lowest BCUT2D eigenvalue weighted by Crippen LogP contribution is -2.30. The van der Waals surface area contributed by atoms with Crippen molar-refractivity contribution in [3.8, 4) is 22.9 Å². The molecule has 1 N–H and O–H groups in total. The molecule has 3 aromatic carbocycles. The number of anilines is 1. The minimum Gasteiger partial charge on any atom is -0.481 e. The molecule has 0 aliphatic carbocycles. The third-order valence-corrected chi connectivity index (χ3v) is 5.34. The molecule has 33 heavy (non-hydrogen) atoms. The van der Waals surface area contributed by atoms with Gasteiger partial charge in [0.1, 0.15) is 11.6 Å². The summed E-state index contributed by atoms with van der Waals surface area (Å²) >= 11 is 0. The second kappa shape index (κ2) is 8.31. The summed E-state index contributed by atoms with van der Waals surface area (Å²) in [6, 6.07) is 19.5. The Morgan fingerprint density at radius 3 is 2.67 bits per heavy atom. The Morgan fingerprint density at radius 1 is 1.06 bits per heavy atom. The molecule has 8 heteroatoms. The molecule has 0 fully saturated rings. The van der Waals surface area contributed by atoms with Gasteiger partial charge >= 0.3 is 0 Å². The van der Waals surface area contributed by atoms with Gasteiger partial charge in [0.2, 0.25) is 6.79 Å². The van der Waals surface area contributed by atoms with Gasteiger partial charge in [0, 0.05) is 11.8 Å². The molecule has 1 aliphatic rings. The van der Waals surface area contributed by atoms with E-state index in [4.69, 9.17) is 14.2 Å². The summed E-state index contributed by atoms with van der Waals surface area (Å²) in [5.41, 5.74) is 1.57. The number of aromatic nitrogens is 2. The summed E-state index contributed by atoms with van der Waals surface area (Å²) in [6.45, 7) is 3.60. The molecule has 0 bridgehead atoms. The number of benzene rings is 3.